The molecule has 168 valence electrons. The van der Waals surface area contributed by atoms with E-state index in [9.17, 15) is 9.65 Å². The molecule has 3 aromatic rings. The Morgan fingerprint density at radius 1 is 1.22 bits per heavy atom. The van der Waals surface area contributed by atoms with Gasteiger partial charge in [-0.25, -0.2) is 9.07 Å². The molecule has 4 N–H and O–H groups in total. The average molecular weight is 547 g/mol. The number of aryl methyl sites for hydroxylation is 2. The Morgan fingerprint density at radius 2 is 1.97 bits per heavy atom. The molecule has 0 saturated heterocycles. The standard InChI is InChI=1S/C23H26FN7.HI/c1-16-13-17(10-11-20(16)24)15-29-23(27-2)28-12-6-9-21-19(14-25)22(26)31(30-21)18-7-4-3-5-8-18;/h3-5,7-8,10-11,13H,6,9,12,15,26H2,1-2H3,(H2,27,28,29);1H. The molecule has 9 heteroatoms. The van der Waals surface area contributed by atoms with Gasteiger partial charge in [-0.05, 0) is 49.1 Å². The van der Waals surface area contributed by atoms with Crippen molar-refractivity contribution in [2.24, 2.45) is 4.99 Å². The zero-order valence-corrected chi connectivity index (χ0v) is 20.4. The predicted octanol–water partition coefficient (Wildman–Crippen LogP) is 3.69. The van der Waals surface area contributed by atoms with Gasteiger partial charge in [-0.2, -0.15) is 10.4 Å². The van der Waals surface area contributed by atoms with Crippen molar-refractivity contribution < 1.29 is 4.39 Å². The molecule has 0 fully saturated rings. The first-order valence-electron chi connectivity index (χ1n) is 10.1. The molecule has 0 bridgehead atoms. The molecule has 0 atom stereocenters. The lowest BCUT2D eigenvalue weighted by atomic mass is 10.1. The first-order chi connectivity index (χ1) is 15.0. The molecule has 0 radical (unpaired) electrons. The molecule has 0 saturated carbocycles. The molecular weight excluding hydrogens is 520 g/mol. The van der Waals surface area contributed by atoms with Gasteiger partial charge in [0.1, 0.15) is 23.3 Å². The quantitative estimate of drug-likeness (QED) is 0.181. The number of nitrogen functional groups attached to an aromatic ring is 1. The second-order valence-electron chi connectivity index (χ2n) is 7.11. The summed E-state index contributed by atoms with van der Waals surface area (Å²) in [6.45, 7) is 2.93. The van der Waals surface area contributed by atoms with Crippen LogP contribution < -0.4 is 16.4 Å². The molecular formula is C23H27FIN7. The summed E-state index contributed by atoms with van der Waals surface area (Å²) in [5.41, 5.74) is 9.65. The summed E-state index contributed by atoms with van der Waals surface area (Å²) in [5.74, 6) is 0.791. The fourth-order valence-corrected chi connectivity index (χ4v) is 3.23. The normalized spacial score (nSPS) is 10.9. The van der Waals surface area contributed by atoms with Crippen LogP contribution in [0.1, 0.15) is 28.8 Å². The summed E-state index contributed by atoms with van der Waals surface area (Å²) in [6, 6.07) is 16.7. The van der Waals surface area contributed by atoms with Crippen molar-refractivity contribution in [3.05, 3.63) is 76.7 Å². The third-order valence-electron chi connectivity index (χ3n) is 4.89. The van der Waals surface area contributed by atoms with E-state index < -0.39 is 0 Å². The minimum atomic E-state index is -0.210. The third kappa shape index (κ3) is 6.20. The molecule has 1 aromatic heterocycles. The fourth-order valence-electron chi connectivity index (χ4n) is 3.23. The van der Waals surface area contributed by atoms with Crippen molar-refractivity contribution in [3.8, 4) is 11.8 Å². The largest absolute Gasteiger partial charge is 0.382 e. The summed E-state index contributed by atoms with van der Waals surface area (Å²) in [5, 5.41) is 20.5. The molecule has 0 aliphatic heterocycles. The number of hydrogen-bond donors (Lipinski definition) is 3. The maximum atomic E-state index is 13.4. The molecule has 0 aliphatic rings. The van der Waals surface area contributed by atoms with Crippen molar-refractivity contribution in [1.29, 1.82) is 5.26 Å². The van der Waals surface area contributed by atoms with E-state index >= 15 is 0 Å². The van der Waals surface area contributed by atoms with E-state index in [-0.39, 0.29) is 29.8 Å². The number of para-hydroxylation sites is 1. The maximum Gasteiger partial charge on any atom is 0.191 e. The average Bonchev–Trinajstić information content (AvgIpc) is 3.11. The zero-order chi connectivity index (χ0) is 22.2. The smallest absolute Gasteiger partial charge is 0.191 e. The van der Waals surface area contributed by atoms with Gasteiger partial charge in [-0.15, -0.1) is 24.0 Å². The van der Waals surface area contributed by atoms with Crippen LogP contribution in [0.25, 0.3) is 5.69 Å². The van der Waals surface area contributed by atoms with Crippen LogP contribution in [-0.2, 0) is 13.0 Å². The second kappa shape index (κ2) is 12.0. The molecule has 0 aliphatic carbocycles. The fraction of sp³-hybridized carbons (Fsp3) is 0.261. The van der Waals surface area contributed by atoms with Gasteiger partial charge in [0.25, 0.3) is 0 Å². The van der Waals surface area contributed by atoms with Crippen LogP contribution in [0.2, 0.25) is 0 Å². The molecule has 2 aromatic carbocycles. The number of nitriles is 1. The van der Waals surface area contributed by atoms with Gasteiger partial charge in [0.05, 0.1) is 11.4 Å². The van der Waals surface area contributed by atoms with E-state index in [1.807, 2.05) is 36.4 Å². The summed E-state index contributed by atoms with van der Waals surface area (Å²) in [6.07, 6.45) is 1.35. The molecule has 32 heavy (non-hydrogen) atoms. The Balaban J connectivity index is 0.00000363. The monoisotopic (exact) mass is 547 g/mol. The molecule has 7 nitrogen and oxygen atoms in total. The Hall–Kier alpha value is -3.13. The molecule has 1 heterocycles. The number of nitrogens with two attached hydrogens (primary N) is 1. The zero-order valence-electron chi connectivity index (χ0n) is 18.1. The second-order valence-corrected chi connectivity index (χ2v) is 7.11. The van der Waals surface area contributed by atoms with Crippen LogP contribution in [0.3, 0.4) is 0 Å². The number of benzene rings is 2. The Morgan fingerprint density at radius 3 is 2.62 bits per heavy atom. The van der Waals surface area contributed by atoms with E-state index in [2.05, 4.69) is 26.8 Å². The summed E-state index contributed by atoms with van der Waals surface area (Å²) < 4.78 is 15.0. The lowest BCUT2D eigenvalue weighted by molar-refractivity contribution is 0.617. The predicted molar refractivity (Wildman–Crippen MR) is 136 cm³/mol. The van der Waals surface area contributed by atoms with E-state index in [0.717, 1.165) is 17.7 Å². The van der Waals surface area contributed by atoms with Crippen LogP contribution in [-0.4, -0.2) is 29.3 Å². The van der Waals surface area contributed by atoms with Crippen molar-refractivity contribution >= 4 is 35.8 Å². The van der Waals surface area contributed by atoms with E-state index in [1.54, 1.807) is 24.7 Å². The lowest BCUT2D eigenvalue weighted by Gasteiger charge is -2.12. The van der Waals surface area contributed by atoms with Crippen LogP contribution >= 0.6 is 24.0 Å². The number of nitrogens with one attached hydrogen (secondary N) is 2. The van der Waals surface area contributed by atoms with Gasteiger partial charge >= 0.3 is 0 Å². The Kier molecular flexibility index (Phi) is 9.46. The van der Waals surface area contributed by atoms with Gasteiger partial charge in [0.15, 0.2) is 5.96 Å². The highest BCUT2D eigenvalue weighted by atomic mass is 127. The SMILES string of the molecule is CN=C(NCCCc1nn(-c2ccccc2)c(N)c1C#N)NCc1ccc(F)c(C)c1.I. The number of anilines is 1. The van der Waals surface area contributed by atoms with E-state index in [0.29, 0.717) is 48.1 Å². The Labute approximate surface area is 204 Å². The van der Waals surface area contributed by atoms with Crippen molar-refractivity contribution in [3.63, 3.8) is 0 Å². The van der Waals surface area contributed by atoms with Gasteiger partial charge in [-0.3, -0.25) is 4.99 Å². The van der Waals surface area contributed by atoms with Gasteiger partial charge in [0, 0.05) is 20.1 Å². The number of aromatic nitrogens is 2. The van der Waals surface area contributed by atoms with Gasteiger partial charge in [0.2, 0.25) is 0 Å². The topological polar surface area (TPSA) is 104 Å². The minimum Gasteiger partial charge on any atom is -0.382 e. The maximum absolute atomic E-state index is 13.4. The van der Waals surface area contributed by atoms with E-state index in [4.69, 9.17) is 5.73 Å². The highest BCUT2D eigenvalue weighted by molar-refractivity contribution is 14.0. The van der Waals surface area contributed by atoms with Crippen molar-refractivity contribution in [2.45, 2.75) is 26.3 Å². The first kappa shape index (κ1) is 25.1. The number of rotatable bonds is 7. The highest BCUT2D eigenvalue weighted by Crippen LogP contribution is 2.21. The van der Waals surface area contributed by atoms with Gasteiger partial charge in [-0.1, -0.05) is 30.3 Å². The van der Waals surface area contributed by atoms with Crippen LogP contribution in [0.15, 0.2) is 53.5 Å². The molecule has 0 unspecified atom stereocenters. The summed E-state index contributed by atoms with van der Waals surface area (Å²) in [4.78, 5) is 4.21. The third-order valence-corrected chi connectivity index (χ3v) is 4.89. The van der Waals surface area contributed by atoms with Crippen molar-refractivity contribution in [1.82, 2.24) is 20.4 Å². The highest BCUT2D eigenvalue weighted by Gasteiger charge is 2.16. The molecule has 0 spiro atoms. The number of hydrogen-bond acceptors (Lipinski definition) is 4. The van der Waals surface area contributed by atoms with Gasteiger partial charge < -0.3 is 16.4 Å². The summed E-state index contributed by atoms with van der Waals surface area (Å²) in [7, 11) is 1.70. The lowest BCUT2D eigenvalue weighted by Crippen LogP contribution is -2.37. The molecule has 3 rings (SSSR count). The number of halogens is 2. The minimum absolute atomic E-state index is 0. The first-order valence-corrected chi connectivity index (χ1v) is 10.1. The van der Waals surface area contributed by atoms with E-state index in [1.165, 1.54) is 6.07 Å². The number of guanidine groups is 1. The van der Waals surface area contributed by atoms with Crippen LogP contribution in [0, 0.1) is 24.1 Å². The van der Waals surface area contributed by atoms with Crippen LogP contribution in [0.5, 0.6) is 0 Å². The molecule has 0 amide bonds. The van der Waals surface area contributed by atoms with Crippen molar-refractivity contribution in [2.75, 3.05) is 19.3 Å². The number of nitrogens with zero attached hydrogens (tertiary/aromatic N) is 4. The summed E-state index contributed by atoms with van der Waals surface area (Å²) >= 11 is 0. The van der Waals surface area contributed by atoms with Crippen LogP contribution in [0.4, 0.5) is 10.2 Å². The Bertz CT molecular complexity index is 1100. The number of aliphatic imine (C=N–C) groups is 1.